The van der Waals surface area contributed by atoms with Gasteiger partial charge in [0.2, 0.25) is 0 Å². The number of aromatic nitrogens is 3. The molecule has 0 bridgehead atoms. The predicted octanol–water partition coefficient (Wildman–Crippen LogP) is 3.31. The van der Waals surface area contributed by atoms with E-state index in [2.05, 4.69) is 15.4 Å². The standard InChI is InChI=1S/C21H25F2N5O3S/c1-28-19(18-6-5-15(24)14(23)9-31-18)16(8-25-28)26-20(29)17-10-32-21(27-17)12-4-3-11(30-2)7-13(12)22/h3-4,7-8,10,14-15,18,20,26,29H,5-6,9,24H2,1-2H3/t14-,15+,18-,20?/m0/s1. The largest absolute Gasteiger partial charge is 0.497 e. The minimum Gasteiger partial charge on any atom is -0.497 e. The van der Waals surface area contributed by atoms with Gasteiger partial charge >= 0.3 is 0 Å². The molecule has 1 aromatic carbocycles. The van der Waals surface area contributed by atoms with Crippen LogP contribution in [0.5, 0.6) is 5.75 Å². The summed E-state index contributed by atoms with van der Waals surface area (Å²) in [7, 11) is 3.22. The van der Waals surface area contributed by atoms with E-state index >= 15 is 0 Å². The number of benzene rings is 1. The highest BCUT2D eigenvalue weighted by Crippen LogP contribution is 2.35. The number of hydrogen-bond donors (Lipinski definition) is 3. The molecule has 0 radical (unpaired) electrons. The SMILES string of the molecule is COc1ccc(-c2nc(C(O)Nc3cnn(C)c3[C@@H]3CC[C@@H](N)[C@@H](F)CO3)cs2)c(F)c1. The summed E-state index contributed by atoms with van der Waals surface area (Å²) in [6.45, 7) is -0.0954. The fourth-order valence-electron chi connectivity index (χ4n) is 3.65. The van der Waals surface area contributed by atoms with Gasteiger partial charge in [-0.3, -0.25) is 4.68 Å². The number of nitrogens with two attached hydrogens (primary N) is 1. The third-order valence-corrected chi connectivity index (χ3v) is 6.37. The fourth-order valence-corrected chi connectivity index (χ4v) is 4.51. The number of aliphatic hydroxyl groups is 1. The lowest BCUT2D eigenvalue weighted by Gasteiger charge is -2.19. The number of nitrogens with zero attached hydrogens (tertiary/aromatic N) is 3. The van der Waals surface area contributed by atoms with Gasteiger partial charge in [0.05, 0.1) is 31.3 Å². The van der Waals surface area contributed by atoms with Crippen molar-refractivity contribution in [2.45, 2.75) is 37.4 Å². The van der Waals surface area contributed by atoms with E-state index in [0.717, 1.165) is 0 Å². The Morgan fingerprint density at radius 3 is 2.97 bits per heavy atom. The molecule has 32 heavy (non-hydrogen) atoms. The van der Waals surface area contributed by atoms with Crippen molar-refractivity contribution in [3.63, 3.8) is 0 Å². The number of aryl methyl sites for hydroxylation is 1. The molecule has 4 rings (SSSR count). The molecule has 4 atom stereocenters. The number of ether oxygens (including phenoxy) is 2. The maximum atomic E-state index is 14.4. The number of halogens is 2. The van der Waals surface area contributed by atoms with E-state index in [-0.39, 0.29) is 6.61 Å². The van der Waals surface area contributed by atoms with Crippen LogP contribution in [0, 0.1) is 5.82 Å². The molecule has 11 heteroatoms. The highest BCUT2D eigenvalue weighted by molar-refractivity contribution is 7.13. The Labute approximate surface area is 188 Å². The first-order valence-electron chi connectivity index (χ1n) is 10.1. The van der Waals surface area contributed by atoms with Crippen molar-refractivity contribution in [1.82, 2.24) is 14.8 Å². The van der Waals surface area contributed by atoms with E-state index in [1.807, 2.05) is 0 Å². The molecule has 0 saturated carbocycles. The Kier molecular flexibility index (Phi) is 6.70. The van der Waals surface area contributed by atoms with Crippen molar-refractivity contribution in [3.05, 3.63) is 47.0 Å². The number of hydrogen-bond acceptors (Lipinski definition) is 8. The quantitative estimate of drug-likeness (QED) is 0.480. The van der Waals surface area contributed by atoms with Crippen LogP contribution in [0.2, 0.25) is 0 Å². The molecular weight excluding hydrogens is 440 g/mol. The lowest BCUT2D eigenvalue weighted by Crippen LogP contribution is -2.32. The zero-order chi connectivity index (χ0) is 22.8. The molecule has 1 saturated heterocycles. The number of rotatable bonds is 6. The lowest BCUT2D eigenvalue weighted by atomic mass is 10.0. The van der Waals surface area contributed by atoms with Gasteiger partial charge in [0.15, 0.2) is 6.23 Å². The molecule has 1 aliphatic heterocycles. The smallest absolute Gasteiger partial charge is 0.169 e. The predicted molar refractivity (Wildman–Crippen MR) is 117 cm³/mol. The summed E-state index contributed by atoms with van der Waals surface area (Å²) in [6, 6.07) is 3.95. The molecule has 8 nitrogen and oxygen atoms in total. The van der Waals surface area contributed by atoms with Crippen LogP contribution in [0.25, 0.3) is 10.6 Å². The summed E-state index contributed by atoms with van der Waals surface area (Å²) >= 11 is 1.22. The highest BCUT2D eigenvalue weighted by Gasteiger charge is 2.30. The van der Waals surface area contributed by atoms with Crippen LogP contribution in [-0.2, 0) is 11.8 Å². The third-order valence-electron chi connectivity index (χ3n) is 5.47. The molecule has 1 aliphatic rings. The highest BCUT2D eigenvalue weighted by atomic mass is 32.1. The lowest BCUT2D eigenvalue weighted by molar-refractivity contribution is 0.0246. The monoisotopic (exact) mass is 465 g/mol. The number of aliphatic hydroxyl groups excluding tert-OH is 1. The normalized spacial score (nSPS) is 22.4. The first-order chi connectivity index (χ1) is 15.4. The summed E-state index contributed by atoms with van der Waals surface area (Å²) in [5.41, 5.74) is 7.71. The molecule has 172 valence electrons. The van der Waals surface area contributed by atoms with Crippen molar-refractivity contribution in [2.24, 2.45) is 12.8 Å². The zero-order valence-corrected chi connectivity index (χ0v) is 18.5. The van der Waals surface area contributed by atoms with Gasteiger partial charge in [-0.05, 0) is 25.0 Å². The molecule has 3 heterocycles. The summed E-state index contributed by atoms with van der Waals surface area (Å²) < 4.78 is 40.7. The van der Waals surface area contributed by atoms with E-state index in [9.17, 15) is 13.9 Å². The van der Waals surface area contributed by atoms with Crippen LogP contribution in [-0.4, -0.2) is 45.8 Å². The second kappa shape index (κ2) is 9.49. The van der Waals surface area contributed by atoms with Crippen molar-refractivity contribution in [3.8, 4) is 16.3 Å². The molecule has 1 fully saturated rings. The Hall–Kier alpha value is -2.60. The van der Waals surface area contributed by atoms with Crippen molar-refractivity contribution in [2.75, 3.05) is 19.0 Å². The van der Waals surface area contributed by atoms with Gasteiger partial charge in [0, 0.05) is 30.1 Å². The summed E-state index contributed by atoms with van der Waals surface area (Å²) in [5, 5.41) is 20.0. The Bertz CT molecular complexity index is 1060. The first-order valence-corrected chi connectivity index (χ1v) is 11.0. The van der Waals surface area contributed by atoms with Crippen LogP contribution in [0.1, 0.15) is 36.6 Å². The Morgan fingerprint density at radius 2 is 2.22 bits per heavy atom. The summed E-state index contributed by atoms with van der Waals surface area (Å²) in [4.78, 5) is 4.38. The topological polar surface area (TPSA) is 107 Å². The maximum absolute atomic E-state index is 14.4. The molecular formula is C21H25F2N5O3S. The van der Waals surface area contributed by atoms with Gasteiger partial charge in [0.1, 0.15) is 34.5 Å². The van der Waals surface area contributed by atoms with E-state index in [0.29, 0.717) is 46.2 Å². The molecule has 0 spiro atoms. The van der Waals surface area contributed by atoms with Gasteiger partial charge in [-0.2, -0.15) is 5.10 Å². The van der Waals surface area contributed by atoms with Crippen LogP contribution < -0.4 is 15.8 Å². The second-order valence-electron chi connectivity index (χ2n) is 7.62. The first kappa shape index (κ1) is 22.6. The van der Waals surface area contributed by atoms with E-state index in [1.54, 1.807) is 35.4 Å². The van der Waals surface area contributed by atoms with Crippen LogP contribution in [0.4, 0.5) is 14.5 Å². The maximum Gasteiger partial charge on any atom is 0.169 e. The molecule has 2 aromatic heterocycles. The van der Waals surface area contributed by atoms with Gasteiger partial charge in [-0.15, -0.1) is 11.3 Å². The second-order valence-corrected chi connectivity index (χ2v) is 8.47. The fraction of sp³-hybridized carbons (Fsp3) is 0.429. The number of thiazole rings is 1. The van der Waals surface area contributed by atoms with Gasteiger partial charge in [-0.25, -0.2) is 13.8 Å². The number of methoxy groups -OCH3 is 1. The van der Waals surface area contributed by atoms with Crippen molar-refractivity contribution >= 4 is 17.0 Å². The number of nitrogens with one attached hydrogen (secondary N) is 1. The average molecular weight is 466 g/mol. The zero-order valence-electron chi connectivity index (χ0n) is 17.7. The number of anilines is 1. The van der Waals surface area contributed by atoms with E-state index < -0.39 is 30.4 Å². The van der Waals surface area contributed by atoms with Gasteiger partial charge < -0.3 is 25.6 Å². The Balaban J connectivity index is 1.51. The molecule has 4 N–H and O–H groups in total. The minimum atomic E-state index is -1.22. The molecule has 0 aliphatic carbocycles. The van der Waals surface area contributed by atoms with Gasteiger partial charge in [0.25, 0.3) is 0 Å². The Morgan fingerprint density at radius 1 is 1.41 bits per heavy atom. The van der Waals surface area contributed by atoms with Crippen LogP contribution in [0.15, 0.2) is 29.8 Å². The van der Waals surface area contributed by atoms with Crippen molar-refractivity contribution < 1.29 is 23.4 Å². The van der Waals surface area contributed by atoms with Crippen LogP contribution in [0.3, 0.4) is 0 Å². The van der Waals surface area contributed by atoms with Crippen LogP contribution >= 0.6 is 11.3 Å². The molecule has 1 unspecified atom stereocenters. The molecule has 3 aromatic rings. The number of alkyl halides is 1. The summed E-state index contributed by atoms with van der Waals surface area (Å²) in [6.07, 6.45) is -0.224. The van der Waals surface area contributed by atoms with Crippen molar-refractivity contribution in [1.29, 1.82) is 0 Å². The van der Waals surface area contributed by atoms with E-state index in [1.165, 1.54) is 24.5 Å². The third kappa shape index (κ3) is 4.60. The van der Waals surface area contributed by atoms with Gasteiger partial charge in [-0.1, -0.05) is 0 Å². The minimum absolute atomic E-state index is 0.0954. The average Bonchev–Trinajstić information content (AvgIpc) is 3.37. The molecule has 0 amide bonds. The van der Waals surface area contributed by atoms with E-state index in [4.69, 9.17) is 15.2 Å². The summed E-state index contributed by atoms with van der Waals surface area (Å²) in [5.74, 6) is -0.0493.